The van der Waals surface area contributed by atoms with Crippen LogP contribution in [0, 0.1) is 0 Å². The summed E-state index contributed by atoms with van der Waals surface area (Å²) in [6.45, 7) is 0. The predicted molar refractivity (Wildman–Crippen MR) is 97.0 cm³/mol. The molecule has 3 nitrogen and oxygen atoms in total. The number of thioether (sulfide) groups is 1. The zero-order valence-electron chi connectivity index (χ0n) is 13.4. The van der Waals surface area contributed by atoms with Gasteiger partial charge in [0, 0.05) is 11.5 Å². The van der Waals surface area contributed by atoms with E-state index in [0.717, 1.165) is 17.7 Å². The number of rotatable bonds is 7. The second-order valence-electron chi connectivity index (χ2n) is 5.39. The SMILES string of the molecule is O=P(O)(Oc1ccc(CSCc2cccc(C(F)(F)F)c2)cc1Br)C(F)F. The Hall–Kier alpha value is -1.09. The van der Waals surface area contributed by atoms with Crippen LogP contribution in [-0.4, -0.2) is 11.1 Å². The Morgan fingerprint density at radius 2 is 1.74 bits per heavy atom. The van der Waals surface area contributed by atoms with Crippen molar-refractivity contribution in [3.05, 3.63) is 63.6 Å². The third kappa shape index (κ3) is 6.48. The minimum absolute atomic E-state index is 0.201. The molecule has 0 saturated carbocycles. The van der Waals surface area contributed by atoms with Gasteiger partial charge in [-0.15, -0.1) is 0 Å². The van der Waals surface area contributed by atoms with E-state index in [1.807, 2.05) is 0 Å². The second kappa shape index (κ2) is 8.94. The Bertz CT molecular complexity index is 847. The van der Waals surface area contributed by atoms with Crippen LogP contribution in [0.1, 0.15) is 16.7 Å². The molecule has 0 aliphatic rings. The molecular weight excluding hydrogens is 478 g/mol. The molecule has 27 heavy (non-hydrogen) atoms. The normalized spacial score (nSPS) is 14.2. The number of hydrogen-bond donors (Lipinski definition) is 1. The minimum Gasteiger partial charge on any atom is -0.420 e. The summed E-state index contributed by atoms with van der Waals surface area (Å²) in [5.41, 5.74) is 0.542. The largest absolute Gasteiger partial charge is 0.442 e. The maximum absolute atomic E-state index is 12.7. The van der Waals surface area contributed by atoms with Gasteiger partial charge in [-0.2, -0.15) is 33.7 Å². The van der Waals surface area contributed by atoms with E-state index in [1.165, 1.54) is 36.0 Å². The highest BCUT2D eigenvalue weighted by Crippen LogP contribution is 2.50. The first-order valence-corrected chi connectivity index (χ1v) is 10.9. The highest BCUT2D eigenvalue weighted by Gasteiger charge is 2.34. The van der Waals surface area contributed by atoms with Crippen LogP contribution in [0.4, 0.5) is 22.0 Å². The molecule has 0 aliphatic heterocycles. The van der Waals surface area contributed by atoms with Crippen LogP contribution in [0.3, 0.4) is 0 Å². The van der Waals surface area contributed by atoms with Crippen molar-refractivity contribution in [2.45, 2.75) is 23.8 Å². The Morgan fingerprint density at radius 3 is 2.30 bits per heavy atom. The van der Waals surface area contributed by atoms with Gasteiger partial charge in [-0.05, 0) is 45.3 Å². The van der Waals surface area contributed by atoms with Crippen LogP contribution in [0.2, 0.25) is 0 Å². The Morgan fingerprint density at radius 1 is 1.11 bits per heavy atom. The van der Waals surface area contributed by atoms with Crippen molar-refractivity contribution >= 4 is 35.3 Å². The van der Waals surface area contributed by atoms with Crippen molar-refractivity contribution in [3.63, 3.8) is 0 Å². The molecule has 0 aromatic heterocycles. The molecule has 0 fully saturated rings. The average Bonchev–Trinajstić information content (AvgIpc) is 2.56. The highest BCUT2D eigenvalue weighted by atomic mass is 79.9. The molecule has 2 rings (SSSR count). The molecule has 2 aromatic carbocycles. The summed E-state index contributed by atoms with van der Waals surface area (Å²) in [5.74, 6) is 0.574. The van der Waals surface area contributed by atoms with Crippen molar-refractivity contribution in [1.82, 2.24) is 0 Å². The summed E-state index contributed by atoms with van der Waals surface area (Å²) in [5, 5.41) is 0. The van der Waals surface area contributed by atoms with Crippen LogP contribution in [0.5, 0.6) is 5.75 Å². The summed E-state index contributed by atoms with van der Waals surface area (Å²) in [4.78, 5) is 9.06. The van der Waals surface area contributed by atoms with Crippen molar-refractivity contribution < 1.29 is 35.9 Å². The lowest BCUT2D eigenvalue weighted by Crippen LogP contribution is -2.04. The van der Waals surface area contributed by atoms with Gasteiger partial charge in [0.05, 0.1) is 10.0 Å². The topological polar surface area (TPSA) is 46.5 Å². The zero-order chi connectivity index (χ0) is 20.2. The quantitative estimate of drug-likeness (QED) is 0.347. The molecule has 0 heterocycles. The fourth-order valence-corrected chi connectivity index (χ4v) is 4.10. The smallest absolute Gasteiger partial charge is 0.420 e. The van der Waals surface area contributed by atoms with Crippen molar-refractivity contribution in [3.8, 4) is 5.75 Å². The Balaban J connectivity index is 1.97. The molecule has 11 heteroatoms. The minimum atomic E-state index is -5.07. The first-order valence-electron chi connectivity index (χ1n) is 7.31. The Labute approximate surface area is 164 Å². The van der Waals surface area contributed by atoms with E-state index in [-0.39, 0.29) is 10.2 Å². The summed E-state index contributed by atoms with van der Waals surface area (Å²) in [6, 6.07) is 9.35. The molecule has 0 amide bonds. The van der Waals surface area contributed by atoms with Gasteiger partial charge >= 0.3 is 19.9 Å². The van der Waals surface area contributed by atoms with Gasteiger partial charge < -0.3 is 9.42 Å². The van der Waals surface area contributed by atoms with Gasteiger partial charge in [-0.25, -0.2) is 4.57 Å². The first-order chi connectivity index (χ1) is 12.5. The van der Waals surface area contributed by atoms with Crippen molar-refractivity contribution in [2.75, 3.05) is 0 Å². The molecule has 0 bridgehead atoms. The molecule has 1 atom stereocenters. The molecular formula is C16H13BrF5O3PS. The molecule has 0 saturated heterocycles. The lowest BCUT2D eigenvalue weighted by atomic mass is 10.1. The molecule has 0 spiro atoms. The number of benzene rings is 2. The molecule has 1 N–H and O–H groups in total. The molecule has 1 unspecified atom stereocenters. The molecule has 0 aliphatic carbocycles. The van der Waals surface area contributed by atoms with Gasteiger partial charge in [0.15, 0.2) is 0 Å². The zero-order valence-corrected chi connectivity index (χ0v) is 16.7. The van der Waals surface area contributed by atoms with Gasteiger partial charge in [-0.3, -0.25) is 0 Å². The van der Waals surface area contributed by atoms with Crippen LogP contribution >= 0.6 is 35.3 Å². The number of alkyl halides is 5. The lowest BCUT2D eigenvalue weighted by Gasteiger charge is -2.14. The molecule has 2 aromatic rings. The lowest BCUT2D eigenvalue weighted by molar-refractivity contribution is -0.137. The monoisotopic (exact) mass is 490 g/mol. The first kappa shape index (κ1) is 22.2. The van der Waals surface area contributed by atoms with E-state index < -0.39 is 25.5 Å². The fraction of sp³-hybridized carbons (Fsp3) is 0.250. The fourth-order valence-electron chi connectivity index (χ4n) is 2.01. The summed E-state index contributed by atoms with van der Waals surface area (Å²) in [7, 11) is -5.07. The average molecular weight is 491 g/mol. The van der Waals surface area contributed by atoms with Crippen molar-refractivity contribution in [2.24, 2.45) is 0 Å². The van der Waals surface area contributed by atoms with Crippen LogP contribution in [0.15, 0.2) is 46.9 Å². The van der Waals surface area contributed by atoms with Gasteiger partial charge in [0.1, 0.15) is 5.75 Å². The van der Waals surface area contributed by atoms with Crippen LogP contribution in [-0.2, 0) is 22.2 Å². The second-order valence-corrected chi connectivity index (χ2v) is 8.93. The third-order valence-electron chi connectivity index (χ3n) is 3.26. The molecule has 0 radical (unpaired) electrons. The van der Waals surface area contributed by atoms with Crippen molar-refractivity contribution in [1.29, 1.82) is 0 Å². The van der Waals surface area contributed by atoms with E-state index in [4.69, 9.17) is 4.89 Å². The standard InChI is InChI=1S/C16H13BrF5O3PS/c17-13-7-11(4-5-14(13)25-26(23,24)15(18)19)9-27-8-10-2-1-3-12(6-10)16(20,21)22/h1-7,15H,8-9H2,(H,23,24). The van der Waals surface area contributed by atoms with E-state index in [1.54, 1.807) is 6.07 Å². The summed E-state index contributed by atoms with van der Waals surface area (Å²) in [6.07, 6.45) is -7.92. The van der Waals surface area contributed by atoms with Crippen LogP contribution in [0.25, 0.3) is 0 Å². The van der Waals surface area contributed by atoms with E-state index in [0.29, 0.717) is 17.1 Å². The third-order valence-corrected chi connectivity index (χ3v) is 5.91. The van der Waals surface area contributed by atoms with E-state index in [2.05, 4.69) is 20.5 Å². The maximum Gasteiger partial charge on any atom is 0.442 e. The van der Waals surface area contributed by atoms with Crippen LogP contribution < -0.4 is 4.52 Å². The van der Waals surface area contributed by atoms with E-state index in [9.17, 15) is 26.5 Å². The van der Waals surface area contributed by atoms with Gasteiger partial charge in [-0.1, -0.05) is 24.3 Å². The molecule has 148 valence electrons. The van der Waals surface area contributed by atoms with E-state index >= 15 is 0 Å². The Kier molecular flexibility index (Phi) is 7.35. The number of halogens is 6. The predicted octanol–water partition coefficient (Wildman–Crippen LogP) is 6.69. The summed E-state index contributed by atoms with van der Waals surface area (Å²) < 4.78 is 78.8. The summed E-state index contributed by atoms with van der Waals surface area (Å²) >= 11 is 4.44. The number of hydrogen-bond acceptors (Lipinski definition) is 3. The van der Waals surface area contributed by atoms with Gasteiger partial charge in [0.2, 0.25) is 0 Å². The highest BCUT2D eigenvalue weighted by molar-refractivity contribution is 9.10. The van der Waals surface area contributed by atoms with Gasteiger partial charge in [0.25, 0.3) is 0 Å². The maximum atomic E-state index is 12.7.